The summed E-state index contributed by atoms with van der Waals surface area (Å²) >= 11 is 0. The highest BCUT2D eigenvalue weighted by Crippen LogP contribution is 2.32. The largest absolute Gasteiger partial charge is 0.501 e. The lowest BCUT2D eigenvalue weighted by Gasteiger charge is -2.26. The lowest BCUT2D eigenvalue weighted by atomic mass is 10.0. The van der Waals surface area contributed by atoms with Crippen molar-refractivity contribution in [2.75, 3.05) is 5.32 Å². The monoisotopic (exact) mass is 452 g/mol. The molecule has 0 spiro atoms. The van der Waals surface area contributed by atoms with Crippen LogP contribution in [0.15, 0.2) is 29.2 Å². The molecular formula is C18H23F3N2O6S. The molecule has 0 saturated heterocycles. The van der Waals surface area contributed by atoms with Gasteiger partial charge in [0, 0.05) is 5.69 Å². The zero-order valence-corrected chi connectivity index (χ0v) is 17.3. The number of carbonyl (C=O) groups excluding carboxylic acids is 2. The third-order valence-electron chi connectivity index (χ3n) is 4.36. The van der Waals surface area contributed by atoms with E-state index in [1.54, 1.807) is 20.8 Å². The second kappa shape index (κ2) is 8.42. The zero-order chi connectivity index (χ0) is 22.9. The first-order valence-electron chi connectivity index (χ1n) is 9.02. The molecule has 168 valence electrons. The Balaban J connectivity index is 2.15. The fourth-order valence-corrected chi connectivity index (χ4v) is 3.83. The predicted octanol–water partition coefficient (Wildman–Crippen LogP) is 2.58. The van der Waals surface area contributed by atoms with Gasteiger partial charge in [0.15, 0.2) is 0 Å². The van der Waals surface area contributed by atoms with E-state index >= 15 is 0 Å². The van der Waals surface area contributed by atoms with Gasteiger partial charge in [-0.15, -0.1) is 0 Å². The second-order valence-electron chi connectivity index (χ2n) is 7.89. The van der Waals surface area contributed by atoms with Crippen molar-refractivity contribution in [2.45, 2.75) is 61.8 Å². The van der Waals surface area contributed by atoms with Gasteiger partial charge in [0.05, 0.1) is 23.0 Å². The molecule has 8 nitrogen and oxygen atoms in total. The van der Waals surface area contributed by atoms with E-state index in [4.69, 9.17) is 4.74 Å². The average Bonchev–Trinajstić information content (AvgIpc) is 2.93. The summed E-state index contributed by atoms with van der Waals surface area (Å²) in [6.07, 6.45) is -1.44. The van der Waals surface area contributed by atoms with Gasteiger partial charge in [-0.2, -0.15) is 13.2 Å². The molecule has 0 unspecified atom stereocenters. The molecule has 0 radical (unpaired) electrons. The van der Waals surface area contributed by atoms with Crippen LogP contribution < -0.4 is 10.6 Å². The Kier molecular flexibility index (Phi) is 6.72. The smallest absolute Gasteiger partial charge is 0.444 e. The van der Waals surface area contributed by atoms with Gasteiger partial charge in [0.2, 0.25) is 5.91 Å². The molecule has 0 aliphatic heterocycles. The molecule has 1 fully saturated rings. The van der Waals surface area contributed by atoms with Crippen molar-refractivity contribution in [2.24, 2.45) is 5.92 Å². The van der Waals surface area contributed by atoms with E-state index in [1.807, 2.05) is 0 Å². The van der Waals surface area contributed by atoms with Crippen LogP contribution in [0.25, 0.3) is 0 Å². The number of nitrogens with one attached hydrogen (secondary N) is 2. The number of benzene rings is 1. The Labute approximate surface area is 171 Å². The van der Waals surface area contributed by atoms with Crippen molar-refractivity contribution in [1.82, 2.24) is 5.32 Å². The van der Waals surface area contributed by atoms with E-state index in [-0.39, 0.29) is 18.5 Å². The molecule has 1 aliphatic carbocycles. The maximum Gasteiger partial charge on any atom is 0.501 e. The third-order valence-corrected chi connectivity index (χ3v) is 5.84. The number of anilines is 1. The fourth-order valence-electron chi connectivity index (χ4n) is 3.02. The molecule has 3 N–H and O–H groups in total. The van der Waals surface area contributed by atoms with E-state index in [9.17, 15) is 36.3 Å². The van der Waals surface area contributed by atoms with Gasteiger partial charge in [-0.25, -0.2) is 13.2 Å². The van der Waals surface area contributed by atoms with E-state index in [0.29, 0.717) is 6.07 Å². The minimum atomic E-state index is -5.57. The standard InChI is InChI=1S/C18H23F3N2O6S/c1-17(2,3)29-16(26)23-14-12(7-8-13(14)24)15(25)22-10-5-4-6-11(9-10)30(27,28)18(19,20)21/h4-6,9,12-14,24H,7-8H2,1-3H3,(H,22,25)(H,23,26)/t12-,13+,14-/m0/s1. The number of hydrogen-bond donors (Lipinski definition) is 3. The van der Waals surface area contributed by atoms with Gasteiger partial charge in [-0.05, 0) is 51.8 Å². The number of hydrogen-bond acceptors (Lipinski definition) is 6. The molecule has 0 heterocycles. The van der Waals surface area contributed by atoms with Gasteiger partial charge in [-0.1, -0.05) is 6.07 Å². The normalized spacial score (nSPS) is 22.4. The average molecular weight is 452 g/mol. The van der Waals surface area contributed by atoms with Crippen molar-refractivity contribution in [1.29, 1.82) is 0 Å². The van der Waals surface area contributed by atoms with E-state index in [2.05, 4.69) is 10.6 Å². The minimum absolute atomic E-state index is 0.164. The lowest BCUT2D eigenvalue weighted by Crippen LogP contribution is -2.48. The molecule has 0 aromatic heterocycles. The van der Waals surface area contributed by atoms with Crippen LogP contribution in [-0.2, 0) is 19.4 Å². The number of sulfone groups is 1. The molecule has 1 aliphatic rings. The van der Waals surface area contributed by atoms with Gasteiger partial charge in [-0.3, -0.25) is 4.79 Å². The molecule has 12 heteroatoms. The number of aliphatic hydroxyl groups is 1. The summed E-state index contributed by atoms with van der Waals surface area (Å²) in [6.45, 7) is 4.93. The molecule has 1 aromatic carbocycles. The van der Waals surface area contributed by atoms with Crippen molar-refractivity contribution in [3.8, 4) is 0 Å². The highest BCUT2D eigenvalue weighted by Gasteiger charge is 2.47. The van der Waals surface area contributed by atoms with Crippen molar-refractivity contribution in [3.05, 3.63) is 24.3 Å². The number of halogens is 3. The summed E-state index contributed by atoms with van der Waals surface area (Å²) in [4.78, 5) is 23.6. The molecule has 1 saturated carbocycles. The van der Waals surface area contributed by atoms with Crippen LogP contribution in [0.5, 0.6) is 0 Å². The number of rotatable bonds is 4. The first kappa shape index (κ1) is 23.9. The summed E-state index contributed by atoms with van der Waals surface area (Å²) in [5, 5.41) is 14.9. The van der Waals surface area contributed by atoms with Crippen LogP contribution in [0.1, 0.15) is 33.6 Å². The van der Waals surface area contributed by atoms with E-state index in [0.717, 1.165) is 12.1 Å². The first-order chi connectivity index (χ1) is 13.6. The van der Waals surface area contributed by atoms with Crippen molar-refractivity contribution < 1.29 is 41.0 Å². The Morgan fingerprint density at radius 3 is 2.37 bits per heavy atom. The highest BCUT2D eigenvalue weighted by atomic mass is 32.2. The first-order valence-corrected chi connectivity index (χ1v) is 10.5. The maximum atomic E-state index is 12.7. The number of ether oxygens (including phenoxy) is 1. The molecule has 2 amide bonds. The summed E-state index contributed by atoms with van der Waals surface area (Å²) in [6, 6.07) is 2.79. The topological polar surface area (TPSA) is 122 Å². The van der Waals surface area contributed by atoms with Crippen LogP contribution in [0, 0.1) is 5.92 Å². The third kappa shape index (κ3) is 5.63. The van der Waals surface area contributed by atoms with Crippen LogP contribution >= 0.6 is 0 Å². The lowest BCUT2D eigenvalue weighted by molar-refractivity contribution is -0.120. The molecule has 3 atom stereocenters. The van der Waals surface area contributed by atoms with Gasteiger partial charge < -0.3 is 20.5 Å². The number of amides is 2. The van der Waals surface area contributed by atoms with Gasteiger partial charge in [0.1, 0.15) is 5.60 Å². The van der Waals surface area contributed by atoms with Gasteiger partial charge >= 0.3 is 11.6 Å². The zero-order valence-electron chi connectivity index (χ0n) is 16.5. The number of carbonyl (C=O) groups is 2. The summed E-state index contributed by atoms with van der Waals surface area (Å²) < 4.78 is 66.4. The van der Waals surface area contributed by atoms with Gasteiger partial charge in [0.25, 0.3) is 9.84 Å². The fraction of sp³-hybridized carbons (Fsp3) is 0.556. The summed E-state index contributed by atoms with van der Waals surface area (Å²) in [5.74, 6) is -1.58. The molecule has 30 heavy (non-hydrogen) atoms. The van der Waals surface area contributed by atoms with Crippen LogP contribution in [0.3, 0.4) is 0 Å². The number of alkyl halides is 3. The highest BCUT2D eigenvalue weighted by molar-refractivity contribution is 7.92. The van der Waals surface area contributed by atoms with E-state index in [1.165, 1.54) is 6.07 Å². The SMILES string of the molecule is CC(C)(C)OC(=O)N[C@@H]1[C@H](O)CC[C@@H]1C(=O)Nc1cccc(S(=O)(=O)C(F)(F)F)c1. The van der Waals surface area contributed by atoms with Crippen molar-refractivity contribution >= 4 is 27.5 Å². The number of aliphatic hydroxyl groups excluding tert-OH is 1. The van der Waals surface area contributed by atoms with Crippen LogP contribution in [0.2, 0.25) is 0 Å². The van der Waals surface area contributed by atoms with Crippen molar-refractivity contribution in [3.63, 3.8) is 0 Å². The Bertz CT molecular complexity index is 911. The molecule has 2 rings (SSSR count). The number of alkyl carbamates (subject to hydrolysis) is 1. The summed E-state index contributed by atoms with van der Waals surface area (Å²) in [5.41, 5.74) is -6.44. The van der Waals surface area contributed by atoms with Crippen LogP contribution in [-0.4, -0.2) is 48.8 Å². The minimum Gasteiger partial charge on any atom is -0.444 e. The van der Waals surface area contributed by atoms with Crippen LogP contribution in [0.4, 0.5) is 23.7 Å². The molecule has 0 bridgehead atoms. The maximum absolute atomic E-state index is 12.7. The molecular weight excluding hydrogens is 429 g/mol. The second-order valence-corrected chi connectivity index (χ2v) is 9.83. The predicted molar refractivity (Wildman–Crippen MR) is 100 cm³/mol. The Hall–Kier alpha value is -2.34. The Morgan fingerprint density at radius 1 is 1.17 bits per heavy atom. The summed E-state index contributed by atoms with van der Waals surface area (Å²) in [7, 11) is -5.57. The quantitative estimate of drug-likeness (QED) is 0.646. The molecule has 1 aromatic rings. The Morgan fingerprint density at radius 2 is 1.80 bits per heavy atom. The van der Waals surface area contributed by atoms with E-state index < -0.39 is 55.9 Å².